The van der Waals surface area contributed by atoms with Gasteiger partial charge >= 0.3 is 6.03 Å². The van der Waals surface area contributed by atoms with Crippen LogP contribution < -0.4 is 4.90 Å². The molecule has 2 saturated heterocycles. The second kappa shape index (κ2) is 6.43. The largest absolute Gasteiger partial charge is 0.325 e. The average Bonchev–Trinajstić information content (AvgIpc) is 3.07. The topological polar surface area (TPSA) is 57.7 Å². The van der Waals surface area contributed by atoms with Crippen molar-refractivity contribution in [3.05, 3.63) is 65.7 Å². The first-order chi connectivity index (χ1) is 12.5. The number of urea groups is 1. The highest BCUT2D eigenvalue weighted by atomic mass is 32.2. The first-order valence-corrected chi connectivity index (χ1v) is 10.7. The molecule has 2 aliphatic heterocycles. The number of carbonyl (C=O) groups excluding carboxylic acids is 1. The Bertz CT molecular complexity index is 910. The molecule has 0 saturated carbocycles. The third kappa shape index (κ3) is 2.98. The molecule has 2 amide bonds. The van der Waals surface area contributed by atoms with Gasteiger partial charge in [-0.25, -0.2) is 13.2 Å². The van der Waals surface area contributed by atoms with Crippen LogP contribution in [0.1, 0.15) is 18.1 Å². The molecular weight excluding hydrogens is 348 g/mol. The fraction of sp³-hybridized carbons (Fsp3) is 0.350. The average molecular weight is 370 g/mol. The molecule has 2 heterocycles. The summed E-state index contributed by atoms with van der Waals surface area (Å²) >= 11 is 0. The molecule has 26 heavy (non-hydrogen) atoms. The van der Waals surface area contributed by atoms with Crippen molar-refractivity contribution in [3.63, 3.8) is 0 Å². The summed E-state index contributed by atoms with van der Waals surface area (Å²) in [7, 11) is -3.14. The third-order valence-electron chi connectivity index (χ3n) is 5.30. The maximum absolute atomic E-state index is 13.1. The molecule has 2 atom stereocenters. The zero-order chi connectivity index (χ0) is 18.3. The van der Waals surface area contributed by atoms with Crippen molar-refractivity contribution in [2.75, 3.05) is 16.4 Å². The summed E-state index contributed by atoms with van der Waals surface area (Å²) < 4.78 is 24.5. The molecule has 0 spiro atoms. The van der Waals surface area contributed by atoms with Crippen LogP contribution in [0.25, 0.3) is 0 Å². The van der Waals surface area contributed by atoms with Gasteiger partial charge in [0.1, 0.15) is 0 Å². The fourth-order valence-corrected chi connectivity index (χ4v) is 5.89. The summed E-state index contributed by atoms with van der Waals surface area (Å²) in [6.07, 6.45) is 0.925. The first-order valence-electron chi connectivity index (χ1n) is 8.91. The highest BCUT2D eigenvalue weighted by Crippen LogP contribution is 2.36. The number of hydrogen-bond donors (Lipinski definition) is 0. The van der Waals surface area contributed by atoms with Crippen LogP contribution in [0, 0.1) is 0 Å². The lowest BCUT2D eigenvalue weighted by molar-refractivity contribution is 0.206. The van der Waals surface area contributed by atoms with E-state index < -0.39 is 9.84 Å². The number of nitrogens with zero attached hydrogens (tertiary/aromatic N) is 2. The van der Waals surface area contributed by atoms with Crippen LogP contribution in [0.15, 0.2) is 54.6 Å². The SMILES string of the molecule is CCc1ccc(N2C(=O)N(Cc3ccccc3)[C@@H]3CS(=O)(=O)C[C@H]32)cc1. The van der Waals surface area contributed by atoms with Gasteiger partial charge in [-0.2, -0.15) is 0 Å². The Balaban J connectivity index is 1.69. The fourth-order valence-electron chi connectivity index (χ4n) is 3.94. The highest BCUT2D eigenvalue weighted by Gasteiger charge is 2.53. The van der Waals surface area contributed by atoms with Gasteiger partial charge in [-0.3, -0.25) is 4.90 Å². The van der Waals surface area contributed by atoms with Crippen LogP contribution in [0.4, 0.5) is 10.5 Å². The van der Waals surface area contributed by atoms with Gasteiger partial charge in [0, 0.05) is 12.2 Å². The number of carbonyl (C=O) groups is 1. The van der Waals surface area contributed by atoms with E-state index in [1.54, 1.807) is 9.80 Å². The standard InChI is InChI=1S/C20H22N2O3S/c1-2-15-8-10-17(11-9-15)22-19-14-26(24,25)13-18(19)21(20(22)23)12-16-6-4-3-5-7-16/h3-11,18-19H,2,12-14H2,1H3/t18-,19-/m1/s1. The van der Waals surface area contributed by atoms with Gasteiger partial charge in [-0.05, 0) is 29.7 Å². The van der Waals surface area contributed by atoms with Crippen LogP contribution in [0.3, 0.4) is 0 Å². The molecule has 0 radical (unpaired) electrons. The molecule has 2 aromatic carbocycles. The van der Waals surface area contributed by atoms with Crippen molar-refractivity contribution in [3.8, 4) is 0 Å². The quantitative estimate of drug-likeness (QED) is 0.778. The van der Waals surface area contributed by atoms with E-state index in [1.165, 1.54) is 5.56 Å². The van der Waals surface area contributed by atoms with Crippen LogP contribution in [-0.2, 0) is 22.8 Å². The lowest BCUT2D eigenvalue weighted by atomic mass is 10.1. The summed E-state index contributed by atoms with van der Waals surface area (Å²) in [6, 6.07) is 16.8. The molecule has 136 valence electrons. The van der Waals surface area contributed by atoms with Gasteiger partial charge < -0.3 is 4.90 Å². The molecule has 0 bridgehead atoms. The van der Waals surface area contributed by atoms with Gasteiger partial charge in [-0.1, -0.05) is 49.4 Å². The molecule has 2 aliphatic rings. The highest BCUT2D eigenvalue weighted by molar-refractivity contribution is 7.91. The number of sulfone groups is 1. The Hall–Kier alpha value is -2.34. The van der Waals surface area contributed by atoms with Crippen molar-refractivity contribution in [2.45, 2.75) is 32.0 Å². The number of benzene rings is 2. The third-order valence-corrected chi connectivity index (χ3v) is 6.99. The molecule has 4 rings (SSSR count). The molecule has 5 nitrogen and oxygen atoms in total. The Morgan fingerprint density at radius 2 is 1.58 bits per heavy atom. The molecule has 6 heteroatoms. The summed E-state index contributed by atoms with van der Waals surface area (Å²) in [6.45, 7) is 2.51. The Morgan fingerprint density at radius 3 is 2.23 bits per heavy atom. The second-order valence-corrected chi connectivity index (χ2v) is 9.15. The maximum atomic E-state index is 13.1. The molecule has 0 aromatic heterocycles. The smallest absolute Gasteiger partial charge is 0.314 e. The van der Waals surface area contributed by atoms with E-state index in [4.69, 9.17) is 0 Å². The zero-order valence-corrected chi connectivity index (χ0v) is 15.5. The lowest BCUT2D eigenvalue weighted by Crippen LogP contribution is -2.37. The molecule has 2 fully saturated rings. The number of aryl methyl sites for hydroxylation is 1. The van der Waals surface area contributed by atoms with Gasteiger partial charge in [-0.15, -0.1) is 0 Å². The monoisotopic (exact) mass is 370 g/mol. The van der Waals surface area contributed by atoms with Gasteiger partial charge in [0.2, 0.25) is 0 Å². The van der Waals surface area contributed by atoms with E-state index in [0.29, 0.717) is 6.54 Å². The zero-order valence-electron chi connectivity index (χ0n) is 14.7. The number of amides is 2. The number of rotatable bonds is 4. The van der Waals surface area contributed by atoms with Crippen LogP contribution in [0.2, 0.25) is 0 Å². The number of anilines is 1. The van der Waals surface area contributed by atoms with Crippen molar-refractivity contribution in [2.24, 2.45) is 0 Å². The molecule has 0 unspecified atom stereocenters. The molecular formula is C20H22N2O3S. The normalized spacial score (nSPS) is 24.1. The Labute approximate surface area is 154 Å². The van der Waals surface area contributed by atoms with E-state index >= 15 is 0 Å². The molecule has 2 aromatic rings. The minimum Gasteiger partial charge on any atom is -0.314 e. The second-order valence-electron chi connectivity index (χ2n) is 7.00. The summed E-state index contributed by atoms with van der Waals surface area (Å²) in [5, 5.41) is 0. The van der Waals surface area contributed by atoms with Gasteiger partial charge in [0.05, 0.1) is 23.6 Å². The van der Waals surface area contributed by atoms with E-state index in [2.05, 4.69) is 6.92 Å². The van der Waals surface area contributed by atoms with Crippen molar-refractivity contribution < 1.29 is 13.2 Å². The molecule has 0 aliphatic carbocycles. The predicted octanol–water partition coefficient (Wildman–Crippen LogP) is 2.86. The predicted molar refractivity (Wildman–Crippen MR) is 102 cm³/mol. The van der Waals surface area contributed by atoms with Gasteiger partial charge in [0.25, 0.3) is 0 Å². The number of hydrogen-bond acceptors (Lipinski definition) is 3. The van der Waals surface area contributed by atoms with Gasteiger partial charge in [0.15, 0.2) is 9.84 Å². The van der Waals surface area contributed by atoms with Crippen molar-refractivity contribution in [1.82, 2.24) is 4.90 Å². The summed E-state index contributed by atoms with van der Waals surface area (Å²) in [4.78, 5) is 16.5. The van der Waals surface area contributed by atoms with E-state index in [0.717, 1.165) is 17.7 Å². The Kier molecular flexibility index (Phi) is 4.23. The van der Waals surface area contributed by atoms with E-state index in [9.17, 15) is 13.2 Å². The summed E-state index contributed by atoms with van der Waals surface area (Å²) in [5.41, 5.74) is 2.97. The van der Waals surface area contributed by atoms with Crippen LogP contribution in [0.5, 0.6) is 0 Å². The van der Waals surface area contributed by atoms with E-state index in [-0.39, 0.29) is 29.6 Å². The number of fused-ring (bicyclic) bond motifs is 1. The van der Waals surface area contributed by atoms with Crippen LogP contribution in [-0.4, -0.2) is 42.9 Å². The van der Waals surface area contributed by atoms with Crippen molar-refractivity contribution >= 4 is 21.6 Å². The lowest BCUT2D eigenvalue weighted by Gasteiger charge is -2.23. The maximum Gasteiger partial charge on any atom is 0.325 e. The Morgan fingerprint density at radius 1 is 0.923 bits per heavy atom. The molecule has 0 N–H and O–H groups in total. The minimum atomic E-state index is -3.14. The first kappa shape index (κ1) is 17.1. The van der Waals surface area contributed by atoms with Crippen LogP contribution >= 0.6 is 0 Å². The van der Waals surface area contributed by atoms with E-state index in [1.807, 2.05) is 54.6 Å². The van der Waals surface area contributed by atoms with Crippen molar-refractivity contribution in [1.29, 1.82) is 0 Å². The summed E-state index contributed by atoms with van der Waals surface area (Å²) in [5.74, 6) is 0.0734. The minimum absolute atomic E-state index is 0.0320.